The first kappa shape index (κ1) is 14.9. The van der Waals surface area contributed by atoms with Crippen molar-refractivity contribution >= 4 is 17.7 Å². The normalized spacial score (nSPS) is 14.0. The van der Waals surface area contributed by atoms with Gasteiger partial charge in [-0.15, -0.1) is 10.2 Å². The predicted octanol–water partition coefficient (Wildman–Crippen LogP) is 2.11. The summed E-state index contributed by atoms with van der Waals surface area (Å²) in [4.78, 5) is 15.0. The minimum absolute atomic E-state index is 0.0910. The largest absolute Gasteiger partial charge is 0.481 e. The SMILES string of the molecule is O=C(O)CSc1nnc(-c2cc(C3CC3)[nH]n2)n1-c1cccnc1. The van der Waals surface area contributed by atoms with Crippen molar-refractivity contribution in [2.75, 3.05) is 5.75 Å². The van der Waals surface area contributed by atoms with Gasteiger partial charge in [-0.05, 0) is 31.0 Å². The lowest BCUT2D eigenvalue weighted by atomic mass is 10.2. The lowest BCUT2D eigenvalue weighted by Crippen LogP contribution is -2.03. The number of nitrogens with one attached hydrogen (secondary N) is 1. The second-order valence-corrected chi connectivity index (χ2v) is 6.46. The van der Waals surface area contributed by atoms with Crippen LogP contribution in [0.2, 0.25) is 0 Å². The number of hydrogen-bond acceptors (Lipinski definition) is 6. The summed E-state index contributed by atoms with van der Waals surface area (Å²) in [6, 6.07) is 5.67. The molecule has 3 heterocycles. The van der Waals surface area contributed by atoms with E-state index in [0.29, 0.717) is 22.6 Å². The molecule has 122 valence electrons. The van der Waals surface area contributed by atoms with Gasteiger partial charge in [0.1, 0.15) is 5.69 Å². The molecular formula is C15H14N6O2S. The van der Waals surface area contributed by atoms with Crippen LogP contribution in [0.25, 0.3) is 17.2 Å². The molecular weight excluding hydrogens is 328 g/mol. The van der Waals surface area contributed by atoms with Crippen LogP contribution in [-0.2, 0) is 4.79 Å². The van der Waals surface area contributed by atoms with Crippen LogP contribution in [0.5, 0.6) is 0 Å². The van der Waals surface area contributed by atoms with E-state index in [2.05, 4.69) is 25.4 Å². The molecule has 24 heavy (non-hydrogen) atoms. The maximum Gasteiger partial charge on any atom is 0.313 e. The first-order chi connectivity index (χ1) is 11.7. The fourth-order valence-corrected chi connectivity index (χ4v) is 3.10. The molecule has 1 fully saturated rings. The zero-order chi connectivity index (χ0) is 16.5. The number of pyridine rings is 1. The minimum Gasteiger partial charge on any atom is -0.481 e. The molecule has 1 saturated carbocycles. The molecule has 1 aliphatic rings. The third-order valence-corrected chi connectivity index (χ3v) is 4.62. The Morgan fingerprint density at radius 1 is 1.42 bits per heavy atom. The smallest absolute Gasteiger partial charge is 0.313 e. The fraction of sp³-hybridized carbons (Fsp3) is 0.267. The molecule has 0 amide bonds. The number of nitrogens with zero attached hydrogens (tertiary/aromatic N) is 5. The minimum atomic E-state index is -0.905. The van der Waals surface area contributed by atoms with E-state index in [-0.39, 0.29) is 5.75 Å². The van der Waals surface area contributed by atoms with Gasteiger partial charge in [-0.2, -0.15) is 5.10 Å². The van der Waals surface area contributed by atoms with E-state index >= 15 is 0 Å². The first-order valence-corrected chi connectivity index (χ1v) is 8.47. The van der Waals surface area contributed by atoms with Gasteiger partial charge in [-0.3, -0.25) is 19.4 Å². The van der Waals surface area contributed by atoms with Crippen LogP contribution >= 0.6 is 11.8 Å². The molecule has 2 N–H and O–H groups in total. The van der Waals surface area contributed by atoms with Crippen LogP contribution in [0.15, 0.2) is 35.7 Å². The Morgan fingerprint density at radius 3 is 3.00 bits per heavy atom. The number of thioether (sulfide) groups is 1. The van der Waals surface area contributed by atoms with E-state index in [1.165, 1.54) is 12.8 Å². The lowest BCUT2D eigenvalue weighted by Gasteiger charge is -2.07. The monoisotopic (exact) mass is 342 g/mol. The van der Waals surface area contributed by atoms with Gasteiger partial charge in [0.15, 0.2) is 11.0 Å². The highest BCUT2D eigenvalue weighted by Crippen LogP contribution is 2.40. The van der Waals surface area contributed by atoms with E-state index in [0.717, 1.165) is 23.1 Å². The van der Waals surface area contributed by atoms with Crippen molar-refractivity contribution < 1.29 is 9.90 Å². The Bertz CT molecular complexity index is 871. The summed E-state index contributed by atoms with van der Waals surface area (Å²) in [5.41, 5.74) is 2.56. The average molecular weight is 342 g/mol. The number of carboxylic acid groups (broad SMARTS) is 1. The first-order valence-electron chi connectivity index (χ1n) is 7.48. The molecule has 0 atom stereocenters. The Kier molecular flexibility index (Phi) is 3.77. The number of aliphatic carboxylic acids is 1. The lowest BCUT2D eigenvalue weighted by molar-refractivity contribution is -0.133. The molecule has 3 aromatic rings. The predicted molar refractivity (Wildman–Crippen MR) is 87.1 cm³/mol. The van der Waals surface area contributed by atoms with Crippen LogP contribution < -0.4 is 0 Å². The molecule has 0 unspecified atom stereocenters. The molecule has 0 bridgehead atoms. The molecule has 9 heteroatoms. The highest BCUT2D eigenvalue weighted by Gasteiger charge is 2.27. The number of aromatic amines is 1. The number of carbonyl (C=O) groups is 1. The van der Waals surface area contributed by atoms with Gasteiger partial charge in [-0.25, -0.2) is 0 Å². The standard InChI is InChI=1S/C15H14N6O2S/c22-13(23)8-24-15-20-19-14(21(15)10-2-1-5-16-7-10)12-6-11(17-18-12)9-3-4-9/h1-2,5-7,9H,3-4,8H2,(H,17,18)(H,22,23). The summed E-state index contributed by atoms with van der Waals surface area (Å²) in [6.07, 6.45) is 5.72. The summed E-state index contributed by atoms with van der Waals surface area (Å²) in [6.45, 7) is 0. The van der Waals surface area contributed by atoms with Crippen LogP contribution in [-0.4, -0.2) is 46.8 Å². The van der Waals surface area contributed by atoms with E-state index in [4.69, 9.17) is 5.11 Å². The summed E-state index contributed by atoms with van der Waals surface area (Å²) in [5, 5.41) is 25.2. The fourth-order valence-electron chi connectivity index (χ4n) is 2.43. The van der Waals surface area contributed by atoms with Gasteiger partial charge >= 0.3 is 5.97 Å². The molecule has 0 spiro atoms. The highest BCUT2D eigenvalue weighted by molar-refractivity contribution is 7.99. The van der Waals surface area contributed by atoms with Gasteiger partial charge in [0, 0.05) is 17.8 Å². The molecule has 3 aromatic heterocycles. The van der Waals surface area contributed by atoms with Crippen molar-refractivity contribution in [3.05, 3.63) is 36.3 Å². The number of H-pyrrole nitrogens is 1. The third-order valence-electron chi connectivity index (χ3n) is 3.71. The van der Waals surface area contributed by atoms with Crippen molar-refractivity contribution in [2.24, 2.45) is 0 Å². The Labute approximate surface area is 141 Å². The maximum absolute atomic E-state index is 10.9. The topological polar surface area (TPSA) is 110 Å². The second-order valence-electron chi connectivity index (χ2n) is 5.52. The van der Waals surface area contributed by atoms with Crippen LogP contribution in [0, 0.1) is 0 Å². The van der Waals surface area contributed by atoms with Crippen molar-refractivity contribution in [1.29, 1.82) is 0 Å². The van der Waals surface area contributed by atoms with E-state index in [1.807, 2.05) is 18.2 Å². The summed E-state index contributed by atoms with van der Waals surface area (Å²) >= 11 is 1.11. The van der Waals surface area contributed by atoms with Gasteiger partial charge in [0.05, 0.1) is 17.6 Å². The average Bonchev–Trinajstić information content (AvgIpc) is 3.18. The van der Waals surface area contributed by atoms with Crippen molar-refractivity contribution in [3.8, 4) is 17.2 Å². The van der Waals surface area contributed by atoms with Crippen molar-refractivity contribution in [1.82, 2.24) is 29.9 Å². The summed E-state index contributed by atoms with van der Waals surface area (Å²) < 4.78 is 1.79. The van der Waals surface area contributed by atoms with E-state index < -0.39 is 5.97 Å². The van der Waals surface area contributed by atoms with Crippen molar-refractivity contribution in [3.63, 3.8) is 0 Å². The number of hydrogen-bond donors (Lipinski definition) is 2. The van der Waals surface area contributed by atoms with Gasteiger partial charge in [-0.1, -0.05) is 11.8 Å². The maximum atomic E-state index is 10.9. The Morgan fingerprint density at radius 2 is 2.29 bits per heavy atom. The molecule has 0 saturated heterocycles. The van der Waals surface area contributed by atoms with Crippen molar-refractivity contribution in [2.45, 2.75) is 23.9 Å². The third kappa shape index (κ3) is 2.90. The van der Waals surface area contributed by atoms with Gasteiger partial charge in [0.2, 0.25) is 0 Å². The Balaban J connectivity index is 1.76. The van der Waals surface area contributed by atoms with E-state index in [9.17, 15) is 4.79 Å². The second kappa shape index (κ2) is 6.08. The molecule has 0 radical (unpaired) electrons. The zero-order valence-corrected chi connectivity index (χ0v) is 13.4. The van der Waals surface area contributed by atoms with Gasteiger partial charge < -0.3 is 5.11 Å². The van der Waals surface area contributed by atoms with Crippen LogP contribution in [0.4, 0.5) is 0 Å². The van der Waals surface area contributed by atoms with Crippen LogP contribution in [0.3, 0.4) is 0 Å². The molecule has 0 aromatic carbocycles. The highest BCUT2D eigenvalue weighted by atomic mass is 32.2. The summed E-state index contributed by atoms with van der Waals surface area (Å²) in [7, 11) is 0. The quantitative estimate of drug-likeness (QED) is 0.660. The number of carboxylic acids is 1. The molecule has 8 nitrogen and oxygen atoms in total. The molecule has 1 aliphatic carbocycles. The molecule has 0 aliphatic heterocycles. The van der Waals surface area contributed by atoms with E-state index in [1.54, 1.807) is 17.0 Å². The number of aromatic nitrogens is 6. The van der Waals surface area contributed by atoms with Crippen LogP contribution in [0.1, 0.15) is 24.5 Å². The molecule has 4 rings (SSSR count). The number of rotatable bonds is 6. The summed E-state index contributed by atoms with van der Waals surface area (Å²) in [5.74, 6) is 0.130. The Hall–Kier alpha value is -2.68. The van der Waals surface area contributed by atoms with Gasteiger partial charge in [0.25, 0.3) is 0 Å². The zero-order valence-electron chi connectivity index (χ0n) is 12.6.